The van der Waals surface area contributed by atoms with Crippen molar-refractivity contribution in [3.63, 3.8) is 0 Å². The summed E-state index contributed by atoms with van der Waals surface area (Å²) in [6, 6.07) is 9.68. The van der Waals surface area contributed by atoms with Gasteiger partial charge >= 0.3 is 0 Å². The molecule has 2 rings (SSSR count). The first-order valence-electron chi connectivity index (χ1n) is 5.58. The summed E-state index contributed by atoms with van der Waals surface area (Å²) in [7, 11) is 0. The fourth-order valence-corrected chi connectivity index (χ4v) is 1.35. The Labute approximate surface area is 102 Å². The molecule has 0 radical (unpaired) electrons. The van der Waals surface area contributed by atoms with Gasteiger partial charge in [0, 0.05) is 17.0 Å². The Balaban J connectivity index is 2.22. The second-order valence-corrected chi connectivity index (χ2v) is 4.94. The molecule has 0 aliphatic rings. The van der Waals surface area contributed by atoms with Gasteiger partial charge in [-0.15, -0.1) is 0 Å². The van der Waals surface area contributed by atoms with Crippen LogP contribution in [-0.4, -0.2) is 4.98 Å². The number of aromatic nitrogens is 1. The van der Waals surface area contributed by atoms with Crippen LogP contribution in [0.25, 0.3) is 10.9 Å². The molecule has 0 bridgehead atoms. The average Bonchev–Trinajstić information content (AvgIpc) is 2.27. The SMILES string of the molecule is CC(C)(C)C#COc1ccc2ncccc2c1. The van der Waals surface area contributed by atoms with Crippen LogP contribution in [0, 0.1) is 17.4 Å². The molecule has 0 aliphatic carbocycles. The van der Waals surface area contributed by atoms with Gasteiger partial charge in [0.1, 0.15) is 11.9 Å². The largest absolute Gasteiger partial charge is 0.408 e. The number of pyridine rings is 1. The first-order valence-corrected chi connectivity index (χ1v) is 5.58. The summed E-state index contributed by atoms with van der Waals surface area (Å²) in [6.45, 7) is 6.15. The number of benzene rings is 1. The molecular weight excluding hydrogens is 210 g/mol. The van der Waals surface area contributed by atoms with Gasteiger partial charge < -0.3 is 4.74 Å². The van der Waals surface area contributed by atoms with E-state index in [1.807, 2.05) is 51.1 Å². The minimum atomic E-state index is -0.0433. The first kappa shape index (κ1) is 11.5. The molecule has 2 heteroatoms. The Morgan fingerprint density at radius 3 is 2.76 bits per heavy atom. The van der Waals surface area contributed by atoms with Crippen molar-refractivity contribution in [1.82, 2.24) is 4.98 Å². The summed E-state index contributed by atoms with van der Waals surface area (Å²) in [6.07, 6.45) is 4.52. The van der Waals surface area contributed by atoms with E-state index < -0.39 is 0 Å². The summed E-state index contributed by atoms with van der Waals surface area (Å²) in [5.74, 6) is 3.78. The number of hydrogen-bond acceptors (Lipinski definition) is 2. The topological polar surface area (TPSA) is 22.1 Å². The lowest BCUT2D eigenvalue weighted by Gasteiger charge is -2.06. The second-order valence-electron chi connectivity index (χ2n) is 4.94. The average molecular weight is 225 g/mol. The molecular formula is C15H15NO. The van der Waals surface area contributed by atoms with Crippen molar-refractivity contribution in [3.8, 4) is 17.8 Å². The molecule has 1 aromatic carbocycles. The summed E-state index contributed by atoms with van der Waals surface area (Å²) in [5, 5.41) is 1.06. The van der Waals surface area contributed by atoms with Gasteiger partial charge in [0.2, 0.25) is 0 Å². The number of rotatable bonds is 1. The third kappa shape index (κ3) is 3.22. The van der Waals surface area contributed by atoms with Crippen molar-refractivity contribution in [2.45, 2.75) is 20.8 Å². The lowest BCUT2D eigenvalue weighted by atomic mass is 9.99. The van der Waals surface area contributed by atoms with Gasteiger partial charge in [-0.2, -0.15) is 0 Å². The highest BCUT2D eigenvalue weighted by molar-refractivity contribution is 5.79. The van der Waals surface area contributed by atoms with E-state index in [0.29, 0.717) is 0 Å². The maximum Gasteiger partial charge on any atom is 0.140 e. The van der Waals surface area contributed by atoms with Crippen LogP contribution in [-0.2, 0) is 0 Å². The lowest BCUT2D eigenvalue weighted by Crippen LogP contribution is -2.00. The number of nitrogens with zero attached hydrogens (tertiary/aromatic N) is 1. The number of fused-ring (bicyclic) bond motifs is 1. The van der Waals surface area contributed by atoms with Crippen molar-refractivity contribution >= 4 is 10.9 Å². The molecule has 0 aliphatic heterocycles. The molecule has 0 spiro atoms. The third-order valence-electron chi connectivity index (χ3n) is 2.17. The molecule has 0 atom stereocenters. The van der Waals surface area contributed by atoms with Gasteiger partial charge in [-0.3, -0.25) is 4.98 Å². The lowest BCUT2D eigenvalue weighted by molar-refractivity contribution is 0.505. The Morgan fingerprint density at radius 2 is 2.00 bits per heavy atom. The highest BCUT2D eigenvalue weighted by atomic mass is 16.5. The normalized spacial score (nSPS) is 10.8. The van der Waals surface area contributed by atoms with E-state index >= 15 is 0 Å². The van der Waals surface area contributed by atoms with E-state index in [1.165, 1.54) is 0 Å². The second kappa shape index (κ2) is 4.47. The molecule has 0 saturated heterocycles. The zero-order valence-corrected chi connectivity index (χ0v) is 10.3. The molecule has 0 saturated carbocycles. The maximum absolute atomic E-state index is 5.40. The summed E-state index contributed by atoms with van der Waals surface area (Å²) in [4.78, 5) is 4.25. The predicted molar refractivity (Wildman–Crippen MR) is 69.6 cm³/mol. The summed E-state index contributed by atoms with van der Waals surface area (Å²) >= 11 is 0. The summed E-state index contributed by atoms with van der Waals surface area (Å²) < 4.78 is 5.40. The summed E-state index contributed by atoms with van der Waals surface area (Å²) in [5.41, 5.74) is 0.918. The van der Waals surface area contributed by atoms with Crippen molar-refractivity contribution in [2.24, 2.45) is 5.41 Å². The zero-order valence-electron chi connectivity index (χ0n) is 10.3. The van der Waals surface area contributed by atoms with E-state index in [-0.39, 0.29) is 5.41 Å². The smallest absolute Gasteiger partial charge is 0.140 e. The van der Waals surface area contributed by atoms with Crippen molar-refractivity contribution < 1.29 is 4.74 Å². The Hall–Kier alpha value is -2.01. The molecule has 0 amide bonds. The van der Waals surface area contributed by atoms with Crippen LogP contribution < -0.4 is 4.74 Å². The predicted octanol–water partition coefficient (Wildman–Crippen LogP) is 3.62. The minimum Gasteiger partial charge on any atom is -0.408 e. The third-order valence-corrected chi connectivity index (χ3v) is 2.17. The monoisotopic (exact) mass is 225 g/mol. The van der Waals surface area contributed by atoms with E-state index in [4.69, 9.17) is 4.74 Å². The van der Waals surface area contributed by atoms with E-state index in [2.05, 4.69) is 17.0 Å². The van der Waals surface area contributed by atoms with Gasteiger partial charge in [0.25, 0.3) is 0 Å². The van der Waals surface area contributed by atoms with Crippen LogP contribution in [0.4, 0.5) is 0 Å². The Morgan fingerprint density at radius 1 is 1.18 bits per heavy atom. The van der Waals surface area contributed by atoms with Crippen LogP contribution >= 0.6 is 0 Å². The van der Waals surface area contributed by atoms with Crippen LogP contribution in [0.15, 0.2) is 36.5 Å². The van der Waals surface area contributed by atoms with E-state index in [1.54, 1.807) is 6.20 Å². The minimum absolute atomic E-state index is 0.0433. The van der Waals surface area contributed by atoms with Crippen molar-refractivity contribution in [1.29, 1.82) is 0 Å². The van der Waals surface area contributed by atoms with Crippen LogP contribution in [0.2, 0.25) is 0 Å². The van der Waals surface area contributed by atoms with Gasteiger partial charge in [-0.05, 0) is 45.0 Å². The highest BCUT2D eigenvalue weighted by Crippen LogP contribution is 2.18. The molecule has 0 N–H and O–H groups in total. The van der Waals surface area contributed by atoms with Crippen LogP contribution in [0.5, 0.6) is 5.75 Å². The van der Waals surface area contributed by atoms with Crippen LogP contribution in [0.1, 0.15) is 20.8 Å². The Bertz CT molecular complexity index is 585. The molecule has 1 aromatic heterocycles. The molecule has 0 fully saturated rings. The van der Waals surface area contributed by atoms with Gasteiger partial charge in [-0.25, -0.2) is 0 Å². The quantitative estimate of drug-likeness (QED) is 0.691. The van der Waals surface area contributed by atoms with Gasteiger partial charge in [-0.1, -0.05) is 12.0 Å². The van der Waals surface area contributed by atoms with Gasteiger partial charge in [0.05, 0.1) is 5.52 Å². The van der Waals surface area contributed by atoms with Crippen LogP contribution in [0.3, 0.4) is 0 Å². The van der Waals surface area contributed by atoms with Crippen molar-refractivity contribution in [3.05, 3.63) is 36.5 Å². The molecule has 2 aromatic rings. The molecule has 1 heterocycles. The highest BCUT2D eigenvalue weighted by Gasteiger charge is 2.04. The standard InChI is InChI=1S/C15H15NO/c1-15(2,3)8-10-17-13-6-7-14-12(11-13)5-4-9-16-14/h4-7,9,11H,1-3H3. The van der Waals surface area contributed by atoms with E-state index in [9.17, 15) is 0 Å². The van der Waals surface area contributed by atoms with Gasteiger partial charge in [0.15, 0.2) is 0 Å². The fourth-order valence-electron chi connectivity index (χ4n) is 1.35. The number of ether oxygens (including phenoxy) is 1. The zero-order chi connectivity index (χ0) is 12.3. The van der Waals surface area contributed by atoms with E-state index in [0.717, 1.165) is 16.7 Å². The number of hydrogen-bond donors (Lipinski definition) is 0. The molecule has 17 heavy (non-hydrogen) atoms. The maximum atomic E-state index is 5.40. The fraction of sp³-hybridized carbons (Fsp3) is 0.267. The molecule has 2 nitrogen and oxygen atoms in total. The van der Waals surface area contributed by atoms with Crippen molar-refractivity contribution in [2.75, 3.05) is 0 Å². The first-order chi connectivity index (χ1) is 8.04. The Kier molecular flexibility index (Phi) is 3.01. The molecule has 0 unspecified atom stereocenters. The molecule has 86 valence electrons.